The van der Waals surface area contributed by atoms with Crippen molar-refractivity contribution < 1.29 is 8.85 Å². The Morgan fingerprint density at radius 3 is 2.21 bits per heavy atom. The fourth-order valence-electron chi connectivity index (χ4n) is 4.42. The lowest BCUT2D eigenvalue weighted by atomic mass is 9.70. The molecule has 2 aliphatic carbocycles. The minimum atomic E-state index is -2.23. The first-order valence-electron chi connectivity index (χ1n) is 8.24. The SMILES string of the molecule is CCO[Si](NC)(OCC)C1CCCC2CCCCC21. The second kappa shape index (κ2) is 7.20. The van der Waals surface area contributed by atoms with Gasteiger partial charge < -0.3 is 8.85 Å². The van der Waals surface area contributed by atoms with Gasteiger partial charge in [0.25, 0.3) is 0 Å². The molecule has 4 heteroatoms. The molecule has 0 aromatic heterocycles. The van der Waals surface area contributed by atoms with Crippen molar-refractivity contribution >= 4 is 8.72 Å². The lowest BCUT2D eigenvalue weighted by molar-refractivity contribution is 0.103. The van der Waals surface area contributed by atoms with Crippen LogP contribution in [0.3, 0.4) is 0 Å². The van der Waals surface area contributed by atoms with E-state index in [1.807, 2.05) is 7.05 Å². The molecule has 0 amide bonds. The van der Waals surface area contributed by atoms with Gasteiger partial charge in [-0.05, 0) is 45.6 Å². The quantitative estimate of drug-likeness (QED) is 0.757. The molecule has 0 aromatic rings. The summed E-state index contributed by atoms with van der Waals surface area (Å²) < 4.78 is 12.4. The molecule has 0 aliphatic heterocycles. The Morgan fingerprint density at radius 1 is 0.947 bits per heavy atom. The molecule has 0 spiro atoms. The van der Waals surface area contributed by atoms with Crippen LogP contribution in [0.5, 0.6) is 0 Å². The van der Waals surface area contributed by atoms with Gasteiger partial charge in [-0.25, -0.2) is 0 Å². The van der Waals surface area contributed by atoms with Crippen molar-refractivity contribution in [3.05, 3.63) is 0 Å². The summed E-state index contributed by atoms with van der Waals surface area (Å²) in [5.41, 5.74) is 0.649. The van der Waals surface area contributed by atoms with E-state index in [2.05, 4.69) is 18.8 Å². The molecule has 2 rings (SSSR count). The fourth-order valence-corrected chi connectivity index (χ4v) is 8.04. The van der Waals surface area contributed by atoms with Gasteiger partial charge in [-0.15, -0.1) is 0 Å². The highest BCUT2D eigenvalue weighted by Gasteiger charge is 2.52. The largest absolute Gasteiger partial charge is 0.428 e. The third-order valence-electron chi connectivity index (χ3n) is 5.13. The molecule has 2 fully saturated rings. The Labute approximate surface area is 119 Å². The predicted octanol–water partition coefficient (Wildman–Crippen LogP) is 3.58. The van der Waals surface area contributed by atoms with Crippen molar-refractivity contribution in [2.75, 3.05) is 20.3 Å². The van der Waals surface area contributed by atoms with Crippen molar-refractivity contribution in [3.8, 4) is 0 Å². The van der Waals surface area contributed by atoms with Crippen LogP contribution in [0.1, 0.15) is 58.8 Å². The van der Waals surface area contributed by atoms with E-state index in [4.69, 9.17) is 8.85 Å². The molecule has 3 atom stereocenters. The fraction of sp³-hybridized carbons (Fsp3) is 1.00. The van der Waals surface area contributed by atoms with E-state index in [-0.39, 0.29) is 0 Å². The Balaban J connectivity index is 2.17. The van der Waals surface area contributed by atoms with Crippen LogP contribution in [-0.2, 0) is 8.85 Å². The van der Waals surface area contributed by atoms with Crippen molar-refractivity contribution in [1.82, 2.24) is 4.98 Å². The molecular weight excluding hydrogens is 254 g/mol. The van der Waals surface area contributed by atoms with Crippen molar-refractivity contribution in [3.63, 3.8) is 0 Å². The zero-order valence-electron chi connectivity index (χ0n) is 12.9. The summed E-state index contributed by atoms with van der Waals surface area (Å²) in [6.45, 7) is 5.72. The molecule has 112 valence electrons. The van der Waals surface area contributed by atoms with E-state index < -0.39 is 8.72 Å². The third-order valence-corrected chi connectivity index (χ3v) is 8.95. The Bertz CT molecular complexity index is 267. The maximum absolute atomic E-state index is 6.21. The summed E-state index contributed by atoms with van der Waals surface area (Å²) in [6, 6.07) is 0. The van der Waals surface area contributed by atoms with Gasteiger partial charge in [-0.2, -0.15) is 0 Å². The van der Waals surface area contributed by atoms with Gasteiger partial charge in [0, 0.05) is 18.8 Å². The summed E-state index contributed by atoms with van der Waals surface area (Å²) in [6.07, 6.45) is 9.78. The average Bonchev–Trinajstić information content (AvgIpc) is 2.46. The molecule has 19 heavy (non-hydrogen) atoms. The van der Waals surface area contributed by atoms with E-state index in [9.17, 15) is 0 Å². The van der Waals surface area contributed by atoms with Gasteiger partial charge in [0.15, 0.2) is 0 Å². The maximum Gasteiger partial charge on any atom is 0.428 e. The molecule has 2 saturated carbocycles. The van der Waals surface area contributed by atoms with Crippen LogP contribution in [0.15, 0.2) is 0 Å². The summed E-state index contributed by atoms with van der Waals surface area (Å²) in [5, 5.41) is 0. The van der Waals surface area contributed by atoms with E-state index in [1.165, 1.54) is 44.9 Å². The zero-order valence-corrected chi connectivity index (χ0v) is 13.9. The van der Waals surface area contributed by atoms with Gasteiger partial charge in [-0.1, -0.05) is 32.1 Å². The van der Waals surface area contributed by atoms with Crippen LogP contribution in [0.4, 0.5) is 0 Å². The van der Waals surface area contributed by atoms with E-state index in [0.29, 0.717) is 5.54 Å². The van der Waals surface area contributed by atoms with Crippen molar-refractivity contribution in [2.24, 2.45) is 11.8 Å². The smallest absolute Gasteiger partial charge is 0.383 e. The molecule has 3 unspecified atom stereocenters. The predicted molar refractivity (Wildman–Crippen MR) is 81.1 cm³/mol. The van der Waals surface area contributed by atoms with Crippen molar-refractivity contribution in [1.29, 1.82) is 0 Å². The lowest BCUT2D eigenvalue weighted by Crippen LogP contribution is -2.61. The van der Waals surface area contributed by atoms with Crippen LogP contribution < -0.4 is 4.98 Å². The topological polar surface area (TPSA) is 30.5 Å². The molecule has 0 aromatic carbocycles. The molecule has 0 bridgehead atoms. The average molecular weight is 286 g/mol. The number of hydrogen-bond acceptors (Lipinski definition) is 3. The third kappa shape index (κ3) is 3.23. The number of hydrogen-bond donors (Lipinski definition) is 1. The van der Waals surface area contributed by atoms with Crippen LogP contribution in [0, 0.1) is 11.8 Å². The number of rotatable bonds is 6. The molecule has 1 N–H and O–H groups in total. The van der Waals surface area contributed by atoms with E-state index in [1.54, 1.807) is 0 Å². The van der Waals surface area contributed by atoms with Crippen molar-refractivity contribution in [2.45, 2.75) is 64.3 Å². The second-order valence-electron chi connectivity index (χ2n) is 6.03. The lowest BCUT2D eigenvalue weighted by Gasteiger charge is -2.47. The molecule has 0 heterocycles. The highest BCUT2D eigenvalue weighted by Crippen LogP contribution is 2.50. The Morgan fingerprint density at radius 2 is 1.58 bits per heavy atom. The Hall–Kier alpha value is 0.0969. The van der Waals surface area contributed by atoms with Gasteiger partial charge in [0.05, 0.1) is 0 Å². The van der Waals surface area contributed by atoms with E-state index >= 15 is 0 Å². The highest BCUT2D eigenvalue weighted by molar-refractivity contribution is 6.66. The van der Waals surface area contributed by atoms with Gasteiger partial charge in [0.2, 0.25) is 0 Å². The first-order chi connectivity index (χ1) is 9.27. The zero-order chi connectivity index (χ0) is 13.7. The molecular formula is C15H31NO2Si. The van der Waals surface area contributed by atoms with Gasteiger partial charge in [-0.3, -0.25) is 4.98 Å². The second-order valence-corrected chi connectivity index (χ2v) is 9.18. The van der Waals surface area contributed by atoms with Crippen LogP contribution in [0.2, 0.25) is 5.54 Å². The van der Waals surface area contributed by atoms with Crippen LogP contribution in [0.25, 0.3) is 0 Å². The Kier molecular flexibility index (Phi) is 5.87. The maximum atomic E-state index is 6.21. The van der Waals surface area contributed by atoms with Crippen LogP contribution >= 0.6 is 0 Å². The van der Waals surface area contributed by atoms with Gasteiger partial charge in [0.1, 0.15) is 0 Å². The molecule has 2 aliphatic rings. The first kappa shape index (κ1) is 15.5. The summed E-state index contributed by atoms with van der Waals surface area (Å²) in [7, 11) is -0.181. The minimum absolute atomic E-state index is 0.649. The summed E-state index contributed by atoms with van der Waals surface area (Å²) in [5.74, 6) is 1.79. The monoisotopic (exact) mass is 285 g/mol. The van der Waals surface area contributed by atoms with E-state index in [0.717, 1.165) is 25.0 Å². The molecule has 3 nitrogen and oxygen atoms in total. The van der Waals surface area contributed by atoms with Crippen LogP contribution in [-0.4, -0.2) is 29.0 Å². The number of fused-ring (bicyclic) bond motifs is 1. The molecule has 0 radical (unpaired) electrons. The van der Waals surface area contributed by atoms with Gasteiger partial charge >= 0.3 is 8.72 Å². The highest BCUT2D eigenvalue weighted by atomic mass is 28.4. The standard InChI is InChI=1S/C15H31NO2Si/c1-4-17-19(16-3,18-5-2)15-12-8-10-13-9-6-7-11-14(13)15/h13-16H,4-12H2,1-3H3. The first-order valence-corrected chi connectivity index (χ1v) is 10.1. The molecule has 0 saturated heterocycles. The summed E-state index contributed by atoms with van der Waals surface area (Å²) in [4.78, 5) is 3.51. The normalized spacial score (nSPS) is 32.1. The number of nitrogens with one attached hydrogen (secondary N) is 1. The minimum Gasteiger partial charge on any atom is -0.383 e. The summed E-state index contributed by atoms with van der Waals surface area (Å²) >= 11 is 0.